The average Bonchev–Trinajstić information content (AvgIpc) is 2.89. The number of hydrogen-bond donors (Lipinski definition) is 2. The molecular formula is C33H40N2O3. The number of phenolic OH excluding ortho intramolecular Hbond substituents is 1. The molecule has 38 heavy (non-hydrogen) atoms. The third kappa shape index (κ3) is 5.77. The maximum atomic E-state index is 14.4. The van der Waals surface area contributed by atoms with Crippen LogP contribution in [0.2, 0.25) is 0 Å². The summed E-state index contributed by atoms with van der Waals surface area (Å²) in [5.41, 5.74) is 3.34. The van der Waals surface area contributed by atoms with E-state index in [9.17, 15) is 14.7 Å². The van der Waals surface area contributed by atoms with E-state index >= 15 is 0 Å². The molecule has 1 aliphatic rings. The van der Waals surface area contributed by atoms with Crippen molar-refractivity contribution in [1.82, 2.24) is 4.90 Å². The Labute approximate surface area is 226 Å². The third-order valence-electron chi connectivity index (χ3n) is 8.24. The van der Waals surface area contributed by atoms with Gasteiger partial charge in [0.2, 0.25) is 5.91 Å². The van der Waals surface area contributed by atoms with Gasteiger partial charge in [-0.25, -0.2) is 0 Å². The second kappa shape index (κ2) is 11.0. The monoisotopic (exact) mass is 512 g/mol. The summed E-state index contributed by atoms with van der Waals surface area (Å²) in [5, 5.41) is 13.1. The van der Waals surface area contributed by atoms with Gasteiger partial charge in [-0.3, -0.25) is 9.59 Å². The van der Waals surface area contributed by atoms with Gasteiger partial charge < -0.3 is 15.3 Å². The van der Waals surface area contributed by atoms with E-state index in [1.54, 1.807) is 17.0 Å². The lowest BCUT2D eigenvalue weighted by atomic mass is 9.66. The quantitative estimate of drug-likeness (QED) is 0.365. The molecule has 1 saturated carbocycles. The van der Waals surface area contributed by atoms with Crippen LogP contribution in [0.3, 0.4) is 0 Å². The zero-order chi connectivity index (χ0) is 27.5. The van der Waals surface area contributed by atoms with Gasteiger partial charge in [0, 0.05) is 17.8 Å². The fourth-order valence-electron chi connectivity index (χ4n) is 5.77. The van der Waals surface area contributed by atoms with E-state index < -0.39 is 5.54 Å². The molecule has 3 aromatic rings. The molecule has 5 nitrogen and oxygen atoms in total. The number of aryl methyl sites for hydroxylation is 2. The van der Waals surface area contributed by atoms with Crippen molar-refractivity contribution in [3.8, 4) is 5.75 Å². The van der Waals surface area contributed by atoms with Crippen molar-refractivity contribution in [2.24, 2.45) is 11.3 Å². The number of para-hydroxylation sites is 1. The van der Waals surface area contributed by atoms with Gasteiger partial charge in [0.25, 0.3) is 5.91 Å². The normalized spacial score (nSPS) is 19.6. The van der Waals surface area contributed by atoms with Crippen molar-refractivity contribution in [2.45, 2.75) is 72.4 Å². The smallest absolute Gasteiger partial charge is 0.255 e. The van der Waals surface area contributed by atoms with Crippen molar-refractivity contribution in [3.63, 3.8) is 0 Å². The number of anilines is 1. The highest BCUT2D eigenvalue weighted by Gasteiger charge is 2.50. The van der Waals surface area contributed by atoms with Gasteiger partial charge >= 0.3 is 0 Å². The predicted octanol–water partition coefficient (Wildman–Crippen LogP) is 7.27. The number of nitrogens with one attached hydrogen (secondary N) is 1. The molecule has 4 rings (SSSR count). The standard InChI is InChI=1S/C33H40N2O3/c1-23-10-9-11-24(2)29(23)34-31(38)33(20-18-27(19-21-33)32(3,4)5)35(22-25-12-7-6-8-13-25)30(37)26-14-16-28(36)17-15-26/h6-17,27,36H,18-22H2,1-5H3,(H,34,38). The van der Waals surface area contributed by atoms with Crippen molar-refractivity contribution in [1.29, 1.82) is 0 Å². The molecule has 2 N–H and O–H groups in total. The summed E-state index contributed by atoms with van der Waals surface area (Å²) < 4.78 is 0. The molecule has 0 spiro atoms. The van der Waals surface area contributed by atoms with E-state index in [1.807, 2.05) is 62.4 Å². The van der Waals surface area contributed by atoms with Crippen LogP contribution in [0, 0.1) is 25.2 Å². The number of aromatic hydroxyl groups is 1. The number of carbonyl (C=O) groups excluding carboxylic acids is 2. The minimum Gasteiger partial charge on any atom is -0.508 e. The summed E-state index contributed by atoms with van der Waals surface area (Å²) in [7, 11) is 0. The highest BCUT2D eigenvalue weighted by molar-refractivity contribution is 6.04. The van der Waals surface area contributed by atoms with Crippen molar-refractivity contribution in [2.75, 3.05) is 5.32 Å². The lowest BCUT2D eigenvalue weighted by Crippen LogP contribution is -2.60. The van der Waals surface area contributed by atoms with Gasteiger partial charge in [-0.1, -0.05) is 69.3 Å². The van der Waals surface area contributed by atoms with Crippen LogP contribution in [0.5, 0.6) is 5.75 Å². The topological polar surface area (TPSA) is 69.6 Å². The van der Waals surface area contributed by atoms with Crippen LogP contribution >= 0.6 is 0 Å². The van der Waals surface area contributed by atoms with E-state index in [-0.39, 0.29) is 23.0 Å². The Hall–Kier alpha value is -3.60. The summed E-state index contributed by atoms with van der Waals surface area (Å²) in [6.07, 6.45) is 2.89. The van der Waals surface area contributed by atoms with Crippen LogP contribution in [0.25, 0.3) is 0 Å². The first-order valence-corrected chi connectivity index (χ1v) is 13.5. The number of benzene rings is 3. The zero-order valence-electron chi connectivity index (χ0n) is 23.3. The summed E-state index contributed by atoms with van der Waals surface area (Å²) in [6, 6.07) is 22.1. The van der Waals surface area contributed by atoms with E-state index in [1.165, 1.54) is 12.1 Å². The Morgan fingerprint density at radius 2 is 1.47 bits per heavy atom. The van der Waals surface area contributed by atoms with E-state index in [4.69, 9.17) is 0 Å². The molecule has 0 aliphatic heterocycles. The molecule has 3 aromatic carbocycles. The Balaban J connectivity index is 1.80. The van der Waals surface area contributed by atoms with Crippen molar-refractivity contribution >= 4 is 17.5 Å². The first-order chi connectivity index (χ1) is 18.0. The minimum atomic E-state index is -1.01. The number of phenols is 1. The van der Waals surface area contributed by atoms with Crippen LogP contribution in [-0.4, -0.2) is 27.4 Å². The summed E-state index contributed by atoms with van der Waals surface area (Å²) in [5.74, 6) is 0.223. The Kier molecular flexibility index (Phi) is 7.96. The molecule has 1 aliphatic carbocycles. The van der Waals surface area contributed by atoms with Crippen LogP contribution in [0.1, 0.15) is 73.5 Å². The fraction of sp³-hybridized carbons (Fsp3) is 0.394. The summed E-state index contributed by atoms with van der Waals surface area (Å²) in [6.45, 7) is 11.1. The zero-order valence-corrected chi connectivity index (χ0v) is 23.3. The van der Waals surface area contributed by atoms with Crippen LogP contribution in [0.15, 0.2) is 72.8 Å². The predicted molar refractivity (Wildman–Crippen MR) is 153 cm³/mol. The minimum absolute atomic E-state index is 0.101. The second-order valence-corrected chi connectivity index (χ2v) is 11.8. The molecular weight excluding hydrogens is 472 g/mol. The Morgan fingerprint density at radius 1 is 0.895 bits per heavy atom. The van der Waals surface area contributed by atoms with Gasteiger partial charge in [-0.05, 0) is 91.8 Å². The number of hydrogen-bond acceptors (Lipinski definition) is 3. The Morgan fingerprint density at radius 3 is 2.03 bits per heavy atom. The van der Waals surface area contributed by atoms with Gasteiger partial charge in [0.1, 0.15) is 11.3 Å². The largest absolute Gasteiger partial charge is 0.508 e. The third-order valence-corrected chi connectivity index (χ3v) is 8.24. The maximum Gasteiger partial charge on any atom is 0.255 e. The molecule has 1 fully saturated rings. The number of rotatable bonds is 6. The highest BCUT2D eigenvalue weighted by Crippen LogP contribution is 2.45. The molecule has 200 valence electrons. The number of amides is 2. The fourth-order valence-corrected chi connectivity index (χ4v) is 5.77. The van der Waals surface area contributed by atoms with Crippen LogP contribution in [-0.2, 0) is 11.3 Å². The van der Waals surface area contributed by atoms with Crippen LogP contribution < -0.4 is 5.32 Å². The van der Waals surface area contributed by atoms with Gasteiger partial charge in [0.05, 0.1) is 0 Å². The van der Waals surface area contributed by atoms with Gasteiger partial charge in [-0.15, -0.1) is 0 Å². The molecule has 0 unspecified atom stereocenters. The molecule has 0 atom stereocenters. The molecule has 0 heterocycles. The molecule has 0 aromatic heterocycles. The summed E-state index contributed by atoms with van der Waals surface area (Å²) >= 11 is 0. The second-order valence-electron chi connectivity index (χ2n) is 11.8. The van der Waals surface area contributed by atoms with Crippen LogP contribution in [0.4, 0.5) is 5.69 Å². The molecule has 0 bridgehead atoms. The lowest BCUT2D eigenvalue weighted by Gasteiger charge is -2.49. The maximum absolute atomic E-state index is 14.4. The lowest BCUT2D eigenvalue weighted by molar-refractivity contribution is -0.130. The average molecular weight is 513 g/mol. The molecule has 0 radical (unpaired) electrons. The van der Waals surface area contributed by atoms with Gasteiger partial charge in [-0.2, -0.15) is 0 Å². The number of nitrogens with zero attached hydrogens (tertiary/aromatic N) is 1. The molecule has 2 amide bonds. The highest BCUT2D eigenvalue weighted by atomic mass is 16.3. The van der Waals surface area contributed by atoms with E-state index in [2.05, 4.69) is 26.1 Å². The SMILES string of the molecule is Cc1cccc(C)c1NC(=O)C1(N(Cc2ccccc2)C(=O)c2ccc(O)cc2)CCC(C(C)(C)C)CC1. The number of carbonyl (C=O) groups is 2. The molecule has 5 heteroatoms. The van der Waals surface area contributed by atoms with E-state index in [0.29, 0.717) is 30.9 Å². The Bertz CT molecular complexity index is 1250. The summed E-state index contributed by atoms with van der Waals surface area (Å²) in [4.78, 5) is 30.4. The van der Waals surface area contributed by atoms with Gasteiger partial charge in [0.15, 0.2) is 0 Å². The van der Waals surface area contributed by atoms with Crippen molar-refractivity contribution < 1.29 is 14.7 Å². The first-order valence-electron chi connectivity index (χ1n) is 13.5. The molecule has 0 saturated heterocycles. The first kappa shape index (κ1) is 27.4. The van der Waals surface area contributed by atoms with E-state index in [0.717, 1.165) is 35.2 Å². The van der Waals surface area contributed by atoms with Crippen molar-refractivity contribution in [3.05, 3.63) is 95.1 Å².